The molecule has 0 atom stereocenters. The molecule has 2 aliphatic rings. The molecule has 2 aliphatic heterocycles. The first-order chi connectivity index (χ1) is 13.8. The van der Waals surface area contributed by atoms with Crippen LogP contribution in [0.25, 0.3) is 0 Å². The molecule has 4 nitrogen and oxygen atoms in total. The molecule has 0 unspecified atom stereocenters. The van der Waals surface area contributed by atoms with Crippen LogP contribution >= 0.6 is 31.9 Å². The second-order valence-corrected chi connectivity index (χ2v) is 8.48. The summed E-state index contributed by atoms with van der Waals surface area (Å²) in [7, 11) is 0. The summed E-state index contributed by atoms with van der Waals surface area (Å²) in [6, 6.07) is 10.1. The number of carboxylic acids is 1. The van der Waals surface area contributed by atoms with E-state index in [0.717, 1.165) is 5.56 Å². The number of carboxylic acid groups (broad SMARTS) is 1. The first-order valence-electron chi connectivity index (χ1n) is 8.49. The Morgan fingerprint density at radius 3 is 2.07 bits per heavy atom. The maximum Gasteiger partial charge on any atom is 0.335 e. The molecule has 5 rings (SSSR count). The van der Waals surface area contributed by atoms with Crippen molar-refractivity contribution in [3.63, 3.8) is 0 Å². The van der Waals surface area contributed by atoms with Crippen molar-refractivity contribution < 1.29 is 28.2 Å². The second-order valence-electron chi connectivity index (χ2n) is 6.77. The van der Waals surface area contributed by atoms with E-state index in [4.69, 9.17) is 9.47 Å². The zero-order valence-corrected chi connectivity index (χ0v) is 17.6. The second kappa shape index (κ2) is 6.35. The molecule has 0 bridgehead atoms. The summed E-state index contributed by atoms with van der Waals surface area (Å²) in [5.41, 5.74) is 0.597. The van der Waals surface area contributed by atoms with Crippen LogP contribution in [0.1, 0.15) is 32.6 Å². The Labute approximate surface area is 180 Å². The summed E-state index contributed by atoms with van der Waals surface area (Å²) < 4.78 is 41.6. The summed E-state index contributed by atoms with van der Waals surface area (Å²) in [5.74, 6) is -1.53. The Balaban J connectivity index is 1.90. The van der Waals surface area contributed by atoms with Gasteiger partial charge in [-0.15, -0.1) is 0 Å². The summed E-state index contributed by atoms with van der Waals surface area (Å²) in [6.07, 6.45) is 0. The van der Waals surface area contributed by atoms with Gasteiger partial charge in [-0.1, -0.05) is 6.07 Å². The van der Waals surface area contributed by atoms with Gasteiger partial charge in [0.2, 0.25) is 0 Å². The zero-order valence-electron chi connectivity index (χ0n) is 14.4. The summed E-state index contributed by atoms with van der Waals surface area (Å²) in [6.45, 7) is 0.156. The average molecular weight is 524 g/mol. The smallest absolute Gasteiger partial charge is 0.335 e. The first kappa shape index (κ1) is 18.7. The number of aromatic carboxylic acids is 1. The SMILES string of the molecule is O=C(O)c1ccc2c(c1)C1(OC2)c2cc(F)c(Br)cc2Oc2cc(Br)c(F)cc21. The topological polar surface area (TPSA) is 55.8 Å². The van der Waals surface area contributed by atoms with E-state index in [2.05, 4.69) is 31.9 Å². The van der Waals surface area contributed by atoms with E-state index in [-0.39, 0.29) is 21.1 Å². The van der Waals surface area contributed by atoms with Gasteiger partial charge in [-0.25, -0.2) is 13.6 Å². The Morgan fingerprint density at radius 1 is 0.931 bits per heavy atom. The Bertz CT molecular complexity index is 1170. The Morgan fingerprint density at radius 2 is 1.52 bits per heavy atom. The van der Waals surface area contributed by atoms with E-state index >= 15 is 0 Å². The van der Waals surface area contributed by atoms with E-state index in [0.29, 0.717) is 28.2 Å². The van der Waals surface area contributed by atoms with Crippen LogP contribution < -0.4 is 4.74 Å². The molecule has 2 heterocycles. The predicted molar refractivity (Wildman–Crippen MR) is 106 cm³/mol. The molecular weight excluding hydrogens is 514 g/mol. The molecule has 0 aromatic heterocycles. The zero-order chi connectivity index (χ0) is 20.5. The molecule has 0 radical (unpaired) electrons. The Kier molecular flexibility index (Phi) is 4.10. The van der Waals surface area contributed by atoms with Crippen molar-refractivity contribution in [3.05, 3.63) is 90.9 Å². The molecular formula is C21H10Br2F2O4. The number of ether oxygens (including phenoxy) is 2. The fraction of sp³-hybridized carbons (Fsp3) is 0.0952. The number of halogens is 4. The van der Waals surface area contributed by atoms with Crippen LogP contribution in [-0.4, -0.2) is 11.1 Å². The van der Waals surface area contributed by atoms with Gasteiger partial charge in [0.25, 0.3) is 0 Å². The molecule has 3 aromatic rings. The van der Waals surface area contributed by atoms with Crippen LogP contribution in [0, 0.1) is 11.6 Å². The lowest BCUT2D eigenvalue weighted by Gasteiger charge is -2.37. The Hall–Kier alpha value is -2.29. The van der Waals surface area contributed by atoms with E-state index in [1.165, 1.54) is 36.4 Å². The maximum absolute atomic E-state index is 14.5. The molecule has 0 aliphatic carbocycles. The number of carbonyl (C=O) groups is 1. The van der Waals surface area contributed by atoms with Crippen molar-refractivity contribution in [1.29, 1.82) is 0 Å². The molecule has 8 heteroatoms. The van der Waals surface area contributed by atoms with Gasteiger partial charge in [-0.3, -0.25) is 0 Å². The fourth-order valence-corrected chi connectivity index (χ4v) is 4.56. The van der Waals surface area contributed by atoms with Gasteiger partial charge >= 0.3 is 5.97 Å². The van der Waals surface area contributed by atoms with E-state index in [9.17, 15) is 18.7 Å². The molecule has 0 amide bonds. The molecule has 29 heavy (non-hydrogen) atoms. The van der Waals surface area contributed by atoms with Crippen molar-refractivity contribution in [2.24, 2.45) is 0 Å². The lowest BCUT2D eigenvalue weighted by molar-refractivity contribution is 0.0194. The minimum absolute atomic E-state index is 0.0541. The fourth-order valence-electron chi connectivity index (χ4n) is 3.91. The number of hydrogen-bond donors (Lipinski definition) is 1. The highest BCUT2D eigenvalue weighted by Gasteiger charge is 2.50. The third-order valence-electron chi connectivity index (χ3n) is 5.20. The highest BCUT2D eigenvalue weighted by molar-refractivity contribution is 9.10. The summed E-state index contributed by atoms with van der Waals surface area (Å²) in [5, 5.41) is 9.46. The third-order valence-corrected chi connectivity index (χ3v) is 6.42. The minimum atomic E-state index is -1.40. The van der Waals surface area contributed by atoms with Crippen LogP contribution in [0.3, 0.4) is 0 Å². The third kappa shape index (κ3) is 2.59. The number of hydrogen-bond acceptors (Lipinski definition) is 3. The van der Waals surface area contributed by atoms with Crippen molar-refractivity contribution in [3.8, 4) is 11.5 Å². The normalized spacial score (nSPS) is 15.4. The molecule has 0 fully saturated rings. The highest BCUT2D eigenvalue weighted by Crippen LogP contribution is 2.57. The number of fused-ring (bicyclic) bond motifs is 6. The van der Waals surface area contributed by atoms with Crippen molar-refractivity contribution in [2.75, 3.05) is 0 Å². The van der Waals surface area contributed by atoms with Gasteiger partial charge in [-0.2, -0.15) is 0 Å². The minimum Gasteiger partial charge on any atom is -0.478 e. The van der Waals surface area contributed by atoms with Crippen LogP contribution in [0.15, 0.2) is 51.4 Å². The molecule has 1 N–H and O–H groups in total. The molecule has 146 valence electrons. The van der Waals surface area contributed by atoms with Gasteiger partial charge in [0.1, 0.15) is 23.1 Å². The maximum atomic E-state index is 14.5. The highest BCUT2D eigenvalue weighted by atomic mass is 79.9. The van der Waals surface area contributed by atoms with Crippen LogP contribution in [0.2, 0.25) is 0 Å². The number of rotatable bonds is 1. The van der Waals surface area contributed by atoms with Crippen molar-refractivity contribution in [2.45, 2.75) is 12.2 Å². The lowest BCUT2D eigenvalue weighted by Crippen LogP contribution is -2.33. The van der Waals surface area contributed by atoms with E-state index in [1.807, 2.05) is 0 Å². The molecule has 3 aromatic carbocycles. The van der Waals surface area contributed by atoms with E-state index < -0.39 is 23.2 Å². The van der Waals surface area contributed by atoms with Crippen LogP contribution in [-0.2, 0) is 16.9 Å². The van der Waals surface area contributed by atoms with Gasteiger partial charge in [0.15, 0.2) is 5.60 Å². The van der Waals surface area contributed by atoms with Gasteiger partial charge in [0.05, 0.1) is 21.1 Å². The summed E-state index contributed by atoms with van der Waals surface area (Å²) in [4.78, 5) is 11.6. The van der Waals surface area contributed by atoms with Crippen LogP contribution in [0.4, 0.5) is 8.78 Å². The van der Waals surface area contributed by atoms with Gasteiger partial charge in [0, 0.05) is 11.1 Å². The average Bonchev–Trinajstić information content (AvgIpc) is 3.05. The largest absolute Gasteiger partial charge is 0.478 e. The monoisotopic (exact) mass is 522 g/mol. The standard InChI is InChI=1S/C21H10Br2F2O4/c22-14-6-18-12(4-16(14)24)21(13-5-17(25)15(23)7-19(13)29-18)11-3-9(20(26)27)1-2-10(11)8-28-21/h1-7H,8H2,(H,26,27). The van der Waals surface area contributed by atoms with Crippen LogP contribution in [0.5, 0.6) is 11.5 Å². The van der Waals surface area contributed by atoms with Gasteiger partial charge in [-0.05, 0) is 79.4 Å². The molecule has 1 spiro atoms. The number of benzene rings is 3. The molecule has 0 saturated heterocycles. The van der Waals surface area contributed by atoms with Crippen molar-refractivity contribution in [1.82, 2.24) is 0 Å². The van der Waals surface area contributed by atoms with Gasteiger partial charge < -0.3 is 14.6 Å². The lowest BCUT2D eigenvalue weighted by atomic mass is 9.77. The van der Waals surface area contributed by atoms with Crippen molar-refractivity contribution >= 4 is 37.8 Å². The predicted octanol–water partition coefficient (Wildman–Crippen LogP) is 6.12. The first-order valence-corrected chi connectivity index (χ1v) is 10.1. The quantitative estimate of drug-likeness (QED) is 0.417. The van der Waals surface area contributed by atoms with E-state index in [1.54, 1.807) is 6.07 Å². The molecule has 0 saturated carbocycles. The summed E-state index contributed by atoms with van der Waals surface area (Å²) >= 11 is 6.31.